The zero-order valence-electron chi connectivity index (χ0n) is 11.8. The van der Waals surface area contributed by atoms with E-state index in [1.165, 1.54) is 0 Å². The molecule has 1 heterocycles. The van der Waals surface area contributed by atoms with Gasteiger partial charge in [-0.15, -0.1) is 0 Å². The molecule has 0 atom stereocenters. The van der Waals surface area contributed by atoms with Crippen LogP contribution in [0.3, 0.4) is 0 Å². The molecule has 0 fully saturated rings. The Labute approximate surface area is 122 Å². The molecule has 4 nitrogen and oxygen atoms in total. The normalized spacial score (nSPS) is 10.9. The maximum absolute atomic E-state index is 12.0. The van der Waals surface area contributed by atoms with Gasteiger partial charge in [-0.1, -0.05) is 42.5 Å². The highest BCUT2D eigenvalue weighted by atomic mass is 16.5. The van der Waals surface area contributed by atoms with Crippen molar-refractivity contribution in [1.82, 2.24) is 9.97 Å². The van der Waals surface area contributed by atoms with E-state index in [9.17, 15) is 4.79 Å². The Kier molecular flexibility index (Phi) is 3.79. The lowest BCUT2D eigenvalue weighted by Gasteiger charge is -2.06. The minimum atomic E-state index is -0.123. The molecule has 1 aromatic heterocycles. The van der Waals surface area contributed by atoms with Crippen LogP contribution in [0.5, 0.6) is 0 Å². The summed E-state index contributed by atoms with van der Waals surface area (Å²) in [6.45, 7) is 2.73. The largest absolute Gasteiger partial charge is 0.369 e. The van der Waals surface area contributed by atoms with Crippen LogP contribution in [0.1, 0.15) is 17.0 Å². The number of aromatic nitrogens is 2. The number of hydrogen-bond donors (Lipinski definition) is 1. The summed E-state index contributed by atoms with van der Waals surface area (Å²) in [6, 6.07) is 15.5. The number of hydrogen-bond acceptors (Lipinski definition) is 3. The molecule has 1 N–H and O–H groups in total. The molecule has 0 bridgehead atoms. The van der Waals surface area contributed by atoms with E-state index in [1.807, 2.05) is 49.4 Å². The maximum Gasteiger partial charge on any atom is 0.258 e. The summed E-state index contributed by atoms with van der Waals surface area (Å²) in [5, 5.41) is 0.613. The molecule has 0 radical (unpaired) electrons. The Hall–Kier alpha value is -2.46. The van der Waals surface area contributed by atoms with Crippen molar-refractivity contribution in [2.75, 3.05) is 0 Å². The van der Waals surface area contributed by atoms with Gasteiger partial charge in [0.2, 0.25) is 0 Å². The molecular formula is C17H16N2O2. The molecule has 21 heavy (non-hydrogen) atoms. The summed E-state index contributed by atoms with van der Waals surface area (Å²) >= 11 is 0. The number of nitrogens with one attached hydrogen (secondary N) is 1. The van der Waals surface area contributed by atoms with E-state index in [-0.39, 0.29) is 12.2 Å². The van der Waals surface area contributed by atoms with Crippen LogP contribution in [0.15, 0.2) is 53.3 Å². The van der Waals surface area contributed by atoms with E-state index in [0.29, 0.717) is 17.8 Å². The summed E-state index contributed by atoms with van der Waals surface area (Å²) in [5.41, 5.74) is 2.70. The zero-order valence-corrected chi connectivity index (χ0v) is 11.8. The monoisotopic (exact) mass is 280 g/mol. The Balaban J connectivity index is 1.79. The standard InChI is InChI=1S/C17H16N2O2/c1-12-6-5-9-14-16(12)18-15(19-17(14)20)11-21-10-13-7-3-2-4-8-13/h2-9H,10-11H2,1H3,(H,18,19,20). The van der Waals surface area contributed by atoms with Crippen LogP contribution in [0, 0.1) is 6.92 Å². The van der Waals surface area contributed by atoms with Gasteiger partial charge >= 0.3 is 0 Å². The zero-order chi connectivity index (χ0) is 14.7. The Morgan fingerprint density at radius 1 is 1.05 bits per heavy atom. The lowest BCUT2D eigenvalue weighted by molar-refractivity contribution is 0.102. The number of H-pyrrole nitrogens is 1. The number of aromatic amines is 1. The van der Waals surface area contributed by atoms with Crippen molar-refractivity contribution >= 4 is 10.9 Å². The molecule has 0 saturated heterocycles. The highest BCUT2D eigenvalue weighted by Crippen LogP contribution is 2.12. The summed E-state index contributed by atoms with van der Waals surface area (Å²) in [5.74, 6) is 0.553. The second-order valence-corrected chi connectivity index (χ2v) is 4.96. The number of fused-ring (bicyclic) bond motifs is 1. The first-order valence-corrected chi connectivity index (χ1v) is 6.84. The highest BCUT2D eigenvalue weighted by molar-refractivity contribution is 5.80. The Morgan fingerprint density at radius 3 is 2.67 bits per heavy atom. The van der Waals surface area contributed by atoms with Crippen molar-refractivity contribution in [3.63, 3.8) is 0 Å². The van der Waals surface area contributed by atoms with E-state index in [4.69, 9.17) is 4.74 Å². The van der Waals surface area contributed by atoms with Gasteiger partial charge in [0.1, 0.15) is 12.4 Å². The summed E-state index contributed by atoms with van der Waals surface area (Å²) in [7, 11) is 0. The van der Waals surface area contributed by atoms with Gasteiger partial charge < -0.3 is 9.72 Å². The van der Waals surface area contributed by atoms with Crippen molar-refractivity contribution in [3.05, 3.63) is 75.8 Å². The molecule has 3 aromatic rings. The third kappa shape index (κ3) is 3.01. The molecule has 4 heteroatoms. The number of rotatable bonds is 4. The molecule has 106 valence electrons. The van der Waals surface area contributed by atoms with Gasteiger partial charge in [0.25, 0.3) is 5.56 Å². The lowest BCUT2D eigenvalue weighted by Crippen LogP contribution is -2.13. The van der Waals surface area contributed by atoms with Crippen LogP contribution in [0.25, 0.3) is 10.9 Å². The van der Waals surface area contributed by atoms with Gasteiger partial charge in [0, 0.05) is 0 Å². The van der Waals surface area contributed by atoms with E-state index in [2.05, 4.69) is 9.97 Å². The predicted octanol–water partition coefficient (Wildman–Crippen LogP) is 2.95. The van der Waals surface area contributed by atoms with Crippen molar-refractivity contribution in [1.29, 1.82) is 0 Å². The SMILES string of the molecule is Cc1cccc2c(=O)[nH]c(COCc3ccccc3)nc12. The fourth-order valence-electron chi connectivity index (χ4n) is 2.26. The summed E-state index contributed by atoms with van der Waals surface area (Å²) in [6.07, 6.45) is 0. The van der Waals surface area contributed by atoms with Crippen LogP contribution in [-0.4, -0.2) is 9.97 Å². The van der Waals surface area contributed by atoms with Crippen molar-refractivity contribution in [2.45, 2.75) is 20.1 Å². The number of nitrogens with zero attached hydrogens (tertiary/aromatic N) is 1. The Morgan fingerprint density at radius 2 is 1.86 bits per heavy atom. The van der Waals surface area contributed by atoms with Crippen LogP contribution in [0.4, 0.5) is 0 Å². The third-order valence-electron chi connectivity index (χ3n) is 3.34. The van der Waals surface area contributed by atoms with Gasteiger partial charge in [-0.05, 0) is 24.1 Å². The molecule has 0 aliphatic rings. The van der Waals surface area contributed by atoms with E-state index < -0.39 is 0 Å². The fourth-order valence-corrected chi connectivity index (χ4v) is 2.26. The minimum Gasteiger partial charge on any atom is -0.369 e. The molecular weight excluding hydrogens is 264 g/mol. The average molecular weight is 280 g/mol. The van der Waals surface area contributed by atoms with Gasteiger partial charge in [0.05, 0.1) is 17.5 Å². The quantitative estimate of drug-likeness (QED) is 0.799. The summed E-state index contributed by atoms with van der Waals surface area (Å²) in [4.78, 5) is 19.3. The van der Waals surface area contributed by atoms with Crippen LogP contribution in [-0.2, 0) is 18.0 Å². The van der Waals surface area contributed by atoms with Crippen molar-refractivity contribution < 1.29 is 4.74 Å². The summed E-state index contributed by atoms with van der Waals surface area (Å²) < 4.78 is 5.62. The molecule has 2 aromatic carbocycles. The molecule has 3 rings (SSSR count). The predicted molar refractivity (Wildman–Crippen MR) is 82.0 cm³/mol. The van der Waals surface area contributed by atoms with E-state index >= 15 is 0 Å². The third-order valence-corrected chi connectivity index (χ3v) is 3.34. The van der Waals surface area contributed by atoms with Crippen molar-refractivity contribution in [3.8, 4) is 0 Å². The molecule has 0 aliphatic heterocycles. The van der Waals surface area contributed by atoms with Gasteiger partial charge in [-0.25, -0.2) is 4.98 Å². The van der Waals surface area contributed by atoms with Crippen molar-refractivity contribution in [2.24, 2.45) is 0 Å². The van der Waals surface area contributed by atoms with Gasteiger partial charge in [0.15, 0.2) is 0 Å². The second kappa shape index (κ2) is 5.89. The van der Waals surface area contributed by atoms with Gasteiger partial charge in [-0.3, -0.25) is 4.79 Å². The van der Waals surface area contributed by atoms with Crippen LogP contribution >= 0.6 is 0 Å². The molecule has 0 saturated carbocycles. The first-order chi connectivity index (χ1) is 10.2. The number of para-hydroxylation sites is 1. The second-order valence-electron chi connectivity index (χ2n) is 4.96. The maximum atomic E-state index is 12.0. The van der Waals surface area contributed by atoms with E-state index in [1.54, 1.807) is 6.07 Å². The number of aryl methyl sites for hydroxylation is 1. The lowest BCUT2D eigenvalue weighted by atomic mass is 10.1. The topological polar surface area (TPSA) is 55.0 Å². The number of benzene rings is 2. The number of ether oxygens (including phenoxy) is 1. The molecule has 0 spiro atoms. The first-order valence-electron chi connectivity index (χ1n) is 6.84. The minimum absolute atomic E-state index is 0.123. The highest BCUT2D eigenvalue weighted by Gasteiger charge is 2.05. The molecule has 0 unspecified atom stereocenters. The van der Waals surface area contributed by atoms with Crippen LogP contribution in [0.2, 0.25) is 0 Å². The Bertz CT molecular complexity index is 810. The average Bonchev–Trinajstić information content (AvgIpc) is 2.50. The van der Waals surface area contributed by atoms with Gasteiger partial charge in [-0.2, -0.15) is 0 Å². The van der Waals surface area contributed by atoms with E-state index in [0.717, 1.165) is 16.6 Å². The first kappa shape index (κ1) is 13.5. The van der Waals surface area contributed by atoms with Crippen LogP contribution < -0.4 is 5.56 Å². The molecule has 0 amide bonds. The molecule has 0 aliphatic carbocycles. The smallest absolute Gasteiger partial charge is 0.258 e. The fraction of sp³-hybridized carbons (Fsp3) is 0.176.